The predicted molar refractivity (Wildman–Crippen MR) is 101 cm³/mol. The van der Waals surface area contributed by atoms with E-state index in [1.807, 2.05) is 36.1 Å². The Morgan fingerprint density at radius 3 is 2.56 bits per heavy atom. The SMILES string of the molecule is Cc1cc(C)n(CCN2CCN(C(=O)C3COc4ccccc4O3)CC2)n1. The smallest absolute Gasteiger partial charge is 0.267 e. The number of rotatable bonds is 4. The van der Waals surface area contributed by atoms with Crippen LogP contribution in [0.5, 0.6) is 11.5 Å². The van der Waals surface area contributed by atoms with Crippen molar-refractivity contribution < 1.29 is 14.3 Å². The zero-order valence-electron chi connectivity index (χ0n) is 15.9. The molecule has 0 aliphatic carbocycles. The Hall–Kier alpha value is -2.54. The van der Waals surface area contributed by atoms with Gasteiger partial charge in [0, 0.05) is 38.4 Å². The largest absolute Gasteiger partial charge is 0.485 e. The highest BCUT2D eigenvalue weighted by Crippen LogP contribution is 2.31. The molecule has 2 aliphatic heterocycles. The third-order valence-electron chi connectivity index (χ3n) is 5.20. The highest BCUT2D eigenvalue weighted by molar-refractivity contribution is 5.82. The maximum absolute atomic E-state index is 12.8. The quantitative estimate of drug-likeness (QED) is 0.816. The van der Waals surface area contributed by atoms with Crippen molar-refractivity contribution in [1.82, 2.24) is 19.6 Å². The molecule has 144 valence electrons. The maximum atomic E-state index is 12.8. The summed E-state index contributed by atoms with van der Waals surface area (Å²) in [7, 11) is 0. The average molecular weight is 370 g/mol. The number of amides is 1. The van der Waals surface area contributed by atoms with Crippen molar-refractivity contribution in [2.75, 3.05) is 39.3 Å². The molecule has 0 bridgehead atoms. The van der Waals surface area contributed by atoms with Crippen molar-refractivity contribution in [1.29, 1.82) is 0 Å². The van der Waals surface area contributed by atoms with Crippen LogP contribution < -0.4 is 9.47 Å². The Labute approximate surface area is 159 Å². The number of nitrogens with zero attached hydrogens (tertiary/aromatic N) is 4. The molecule has 1 aromatic carbocycles. The van der Waals surface area contributed by atoms with Crippen molar-refractivity contribution in [2.24, 2.45) is 0 Å². The summed E-state index contributed by atoms with van der Waals surface area (Å²) in [6.45, 7) is 9.38. The summed E-state index contributed by atoms with van der Waals surface area (Å²) in [5.74, 6) is 1.36. The van der Waals surface area contributed by atoms with Gasteiger partial charge in [-0.15, -0.1) is 0 Å². The van der Waals surface area contributed by atoms with Crippen molar-refractivity contribution >= 4 is 5.91 Å². The van der Waals surface area contributed by atoms with E-state index in [9.17, 15) is 4.79 Å². The van der Waals surface area contributed by atoms with Gasteiger partial charge in [-0.05, 0) is 32.0 Å². The van der Waals surface area contributed by atoms with E-state index in [1.54, 1.807) is 0 Å². The fourth-order valence-electron chi connectivity index (χ4n) is 3.67. The van der Waals surface area contributed by atoms with Gasteiger partial charge in [-0.2, -0.15) is 5.10 Å². The van der Waals surface area contributed by atoms with Crippen LogP contribution in [0.15, 0.2) is 30.3 Å². The number of fused-ring (bicyclic) bond motifs is 1. The molecular weight excluding hydrogens is 344 g/mol. The van der Waals surface area contributed by atoms with Gasteiger partial charge in [0.05, 0.1) is 12.2 Å². The van der Waals surface area contributed by atoms with Gasteiger partial charge in [0.1, 0.15) is 6.61 Å². The van der Waals surface area contributed by atoms with Gasteiger partial charge in [0.2, 0.25) is 6.10 Å². The minimum atomic E-state index is -0.554. The Morgan fingerprint density at radius 1 is 1.11 bits per heavy atom. The van der Waals surface area contributed by atoms with Crippen LogP contribution in [0.2, 0.25) is 0 Å². The maximum Gasteiger partial charge on any atom is 0.267 e. The van der Waals surface area contributed by atoms with Gasteiger partial charge in [0.25, 0.3) is 5.91 Å². The summed E-state index contributed by atoms with van der Waals surface area (Å²) in [6.07, 6.45) is -0.554. The second-order valence-corrected chi connectivity index (χ2v) is 7.18. The summed E-state index contributed by atoms with van der Waals surface area (Å²) in [4.78, 5) is 17.1. The third-order valence-corrected chi connectivity index (χ3v) is 5.20. The molecule has 1 unspecified atom stereocenters. The van der Waals surface area contributed by atoms with Crippen LogP contribution in [0.4, 0.5) is 0 Å². The van der Waals surface area contributed by atoms with Crippen LogP contribution in [0, 0.1) is 13.8 Å². The summed E-state index contributed by atoms with van der Waals surface area (Å²) in [5.41, 5.74) is 2.25. The number of para-hydroxylation sites is 2. The van der Waals surface area contributed by atoms with E-state index in [-0.39, 0.29) is 12.5 Å². The number of piperazine rings is 1. The molecule has 1 saturated heterocycles. The summed E-state index contributed by atoms with van der Waals surface area (Å²) >= 11 is 0. The second kappa shape index (κ2) is 7.60. The number of hydrogen-bond donors (Lipinski definition) is 0. The van der Waals surface area contributed by atoms with Crippen molar-refractivity contribution in [3.05, 3.63) is 41.7 Å². The fraction of sp³-hybridized carbons (Fsp3) is 0.500. The van der Waals surface area contributed by atoms with E-state index in [1.165, 1.54) is 5.69 Å². The number of benzene rings is 1. The normalized spacial score (nSPS) is 19.9. The van der Waals surface area contributed by atoms with Crippen LogP contribution in [-0.2, 0) is 11.3 Å². The molecule has 0 saturated carbocycles. The molecule has 1 atom stereocenters. The first-order chi connectivity index (χ1) is 13.1. The molecule has 2 aromatic rings. The number of carbonyl (C=O) groups excluding carboxylic acids is 1. The zero-order valence-corrected chi connectivity index (χ0v) is 15.9. The minimum absolute atomic E-state index is 0.0164. The molecule has 0 N–H and O–H groups in total. The lowest BCUT2D eigenvalue weighted by atomic mass is 10.2. The van der Waals surface area contributed by atoms with E-state index in [0.717, 1.165) is 45.0 Å². The molecule has 7 nitrogen and oxygen atoms in total. The van der Waals surface area contributed by atoms with Gasteiger partial charge in [0.15, 0.2) is 11.5 Å². The predicted octanol–water partition coefficient (Wildman–Crippen LogP) is 1.48. The van der Waals surface area contributed by atoms with Crippen LogP contribution in [0.25, 0.3) is 0 Å². The summed E-state index contributed by atoms with van der Waals surface area (Å²) < 4.78 is 13.6. The van der Waals surface area contributed by atoms with Crippen molar-refractivity contribution in [3.63, 3.8) is 0 Å². The van der Waals surface area contributed by atoms with Gasteiger partial charge in [-0.1, -0.05) is 12.1 Å². The van der Waals surface area contributed by atoms with Crippen LogP contribution in [-0.4, -0.2) is 70.9 Å². The number of aryl methyl sites for hydroxylation is 2. The molecule has 1 fully saturated rings. The number of carbonyl (C=O) groups is 1. The Balaban J connectivity index is 1.26. The number of aromatic nitrogens is 2. The van der Waals surface area contributed by atoms with Gasteiger partial charge in [-0.3, -0.25) is 14.4 Å². The van der Waals surface area contributed by atoms with Gasteiger partial charge < -0.3 is 14.4 Å². The molecule has 7 heteroatoms. The zero-order chi connectivity index (χ0) is 18.8. The topological polar surface area (TPSA) is 59.8 Å². The molecule has 0 spiro atoms. The van der Waals surface area contributed by atoms with E-state index in [4.69, 9.17) is 9.47 Å². The average Bonchev–Trinajstić information content (AvgIpc) is 3.03. The fourth-order valence-corrected chi connectivity index (χ4v) is 3.67. The highest BCUT2D eigenvalue weighted by Gasteiger charge is 2.32. The molecule has 2 aliphatic rings. The summed E-state index contributed by atoms with van der Waals surface area (Å²) in [5, 5.41) is 4.51. The second-order valence-electron chi connectivity index (χ2n) is 7.18. The summed E-state index contributed by atoms with van der Waals surface area (Å²) in [6, 6.07) is 9.58. The van der Waals surface area contributed by atoms with Crippen molar-refractivity contribution in [3.8, 4) is 11.5 Å². The minimum Gasteiger partial charge on any atom is -0.485 e. The van der Waals surface area contributed by atoms with Crippen LogP contribution in [0.3, 0.4) is 0 Å². The van der Waals surface area contributed by atoms with E-state index >= 15 is 0 Å². The van der Waals surface area contributed by atoms with Crippen molar-refractivity contribution in [2.45, 2.75) is 26.5 Å². The standard InChI is InChI=1S/C20H26N4O3/c1-15-13-16(2)24(21-15)12-9-22-7-10-23(11-8-22)20(25)19-14-26-17-5-3-4-6-18(17)27-19/h3-6,13,19H,7-12,14H2,1-2H3. The van der Waals surface area contributed by atoms with E-state index in [2.05, 4.69) is 27.7 Å². The molecule has 4 rings (SSSR count). The molecular formula is C20H26N4O3. The molecule has 0 radical (unpaired) electrons. The Kier molecular flexibility index (Phi) is 5.03. The number of ether oxygens (including phenoxy) is 2. The van der Waals surface area contributed by atoms with Gasteiger partial charge >= 0.3 is 0 Å². The van der Waals surface area contributed by atoms with Gasteiger partial charge in [-0.25, -0.2) is 0 Å². The molecule has 27 heavy (non-hydrogen) atoms. The van der Waals surface area contributed by atoms with E-state index < -0.39 is 6.10 Å². The first-order valence-electron chi connectivity index (χ1n) is 9.51. The van der Waals surface area contributed by atoms with Crippen LogP contribution >= 0.6 is 0 Å². The lowest BCUT2D eigenvalue weighted by Crippen LogP contribution is -2.54. The first kappa shape index (κ1) is 17.9. The van der Waals surface area contributed by atoms with Crippen LogP contribution in [0.1, 0.15) is 11.4 Å². The Bertz CT molecular complexity index is 811. The monoisotopic (exact) mass is 370 g/mol. The molecule has 1 amide bonds. The lowest BCUT2D eigenvalue weighted by Gasteiger charge is -2.37. The molecule has 1 aromatic heterocycles. The Morgan fingerprint density at radius 2 is 1.85 bits per heavy atom. The molecule has 3 heterocycles. The van der Waals surface area contributed by atoms with E-state index in [0.29, 0.717) is 11.5 Å². The lowest BCUT2D eigenvalue weighted by molar-refractivity contribution is -0.143. The first-order valence-corrected chi connectivity index (χ1v) is 9.51. The number of hydrogen-bond acceptors (Lipinski definition) is 5. The highest BCUT2D eigenvalue weighted by atomic mass is 16.6. The third kappa shape index (κ3) is 3.93.